The molecule has 0 heterocycles. The summed E-state index contributed by atoms with van der Waals surface area (Å²) in [7, 11) is 2.54. The Labute approximate surface area is 167 Å². The maximum absolute atomic E-state index is 12.6. The molecule has 154 valence electrons. The van der Waals surface area contributed by atoms with Gasteiger partial charge in [-0.15, -0.1) is 0 Å². The molecule has 0 unspecified atom stereocenters. The van der Waals surface area contributed by atoms with Crippen molar-refractivity contribution in [3.8, 4) is 5.75 Å². The molecule has 0 aliphatic carbocycles. The summed E-state index contributed by atoms with van der Waals surface area (Å²) < 4.78 is 14.6. The van der Waals surface area contributed by atoms with Crippen molar-refractivity contribution >= 4 is 35.6 Å². The third-order valence-corrected chi connectivity index (χ3v) is 4.27. The summed E-state index contributed by atoms with van der Waals surface area (Å²) in [5, 5.41) is 4.52. The number of ether oxygens (including phenoxy) is 3. The molecule has 0 radical (unpaired) electrons. The highest BCUT2D eigenvalue weighted by molar-refractivity contribution is 7.98. The zero-order valence-electron chi connectivity index (χ0n) is 16.1. The minimum atomic E-state index is -1.24. The number of carbonyl (C=O) groups is 4. The number of carbonyl (C=O) groups excluding carboxylic acids is 4. The fourth-order valence-electron chi connectivity index (χ4n) is 2.12. The van der Waals surface area contributed by atoms with Crippen molar-refractivity contribution in [2.24, 2.45) is 0 Å². The van der Waals surface area contributed by atoms with E-state index in [4.69, 9.17) is 9.47 Å². The zero-order valence-corrected chi connectivity index (χ0v) is 17.0. The molecule has 0 aliphatic heterocycles. The highest BCUT2D eigenvalue weighted by atomic mass is 32.2. The number of amides is 3. The second-order valence-corrected chi connectivity index (χ2v) is 6.55. The minimum absolute atomic E-state index is 0.267. The lowest BCUT2D eigenvalue weighted by Crippen LogP contribution is -2.46. The van der Waals surface area contributed by atoms with Crippen LogP contribution in [-0.2, 0) is 19.1 Å². The monoisotopic (exact) mass is 412 g/mol. The lowest BCUT2D eigenvalue weighted by atomic mass is 10.1. The molecular weight excluding hydrogens is 388 g/mol. The number of nitrogens with one attached hydrogen (secondary N) is 2. The molecule has 28 heavy (non-hydrogen) atoms. The number of rotatable bonds is 9. The normalized spacial score (nSPS) is 12.3. The summed E-state index contributed by atoms with van der Waals surface area (Å²) in [6, 6.07) is 5.61. The predicted octanol–water partition coefficient (Wildman–Crippen LogP) is 1.36. The number of alkyl carbamates (subject to hydrolysis) is 1. The van der Waals surface area contributed by atoms with Crippen LogP contribution in [0.25, 0.3) is 0 Å². The molecule has 0 aromatic heterocycles. The van der Waals surface area contributed by atoms with Crippen molar-refractivity contribution in [1.29, 1.82) is 0 Å². The first-order valence-electron chi connectivity index (χ1n) is 8.36. The SMILES string of the molecule is COC(=O)NC(=O)[C@H](C)OC(=O)[C@H](CCSC)NC(=O)c1ccccc1OC. The molecular formula is C18H24N2O7S. The Morgan fingerprint density at radius 2 is 1.82 bits per heavy atom. The van der Waals surface area contributed by atoms with Crippen LogP contribution in [-0.4, -0.2) is 62.3 Å². The predicted molar refractivity (Wildman–Crippen MR) is 103 cm³/mol. The molecule has 0 saturated carbocycles. The number of methoxy groups -OCH3 is 2. The molecule has 0 saturated heterocycles. The van der Waals surface area contributed by atoms with Gasteiger partial charge in [0, 0.05) is 0 Å². The van der Waals surface area contributed by atoms with Crippen molar-refractivity contribution in [2.45, 2.75) is 25.5 Å². The molecule has 3 amide bonds. The van der Waals surface area contributed by atoms with Crippen molar-refractivity contribution in [3.05, 3.63) is 29.8 Å². The molecule has 2 N–H and O–H groups in total. The maximum Gasteiger partial charge on any atom is 0.413 e. The molecule has 0 aliphatic rings. The Morgan fingerprint density at radius 1 is 1.14 bits per heavy atom. The number of benzene rings is 1. The Balaban J connectivity index is 2.83. The Bertz CT molecular complexity index is 711. The maximum atomic E-state index is 12.6. The van der Waals surface area contributed by atoms with Crippen LogP contribution in [0, 0.1) is 0 Å². The Morgan fingerprint density at radius 3 is 2.43 bits per heavy atom. The number of thioether (sulfide) groups is 1. The molecule has 0 bridgehead atoms. The second-order valence-electron chi connectivity index (χ2n) is 5.57. The first-order chi connectivity index (χ1) is 13.3. The quantitative estimate of drug-likeness (QED) is 0.584. The molecule has 1 aromatic rings. The molecule has 10 heteroatoms. The van der Waals surface area contributed by atoms with Gasteiger partial charge in [-0.25, -0.2) is 9.59 Å². The van der Waals surface area contributed by atoms with Gasteiger partial charge in [0.2, 0.25) is 0 Å². The summed E-state index contributed by atoms with van der Waals surface area (Å²) in [5.74, 6) is -1.19. The molecule has 1 rings (SSSR count). The fraction of sp³-hybridized carbons (Fsp3) is 0.444. The topological polar surface area (TPSA) is 120 Å². The number of hydrogen-bond acceptors (Lipinski definition) is 8. The Hall–Kier alpha value is -2.75. The number of imide groups is 1. The molecule has 9 nitrogen and oxygen atoms in total. The number of esters is 1. The van der Waals surface area contributed by atoms with E-state index >= 15 is 0 Å². The van der Waals surface area contributed by atoms with Gasteiger partial charge in [-0.05, 0) is 37.5 Å². The van der Waals surface area contributed by atoms with Crippen molar-refractivity contribution in [2.75, 3.05) is 26.2 Å². The van der Waals surface area contributed by atoms with Crippen LogP contribution in [0.5, 0.6) is 5.75 Å². The first kappa shape index (κ1) is 23.3. The van der Waals surface area contributed by atoms with Crippen LogP contribution in [0.1, 0.15) is 23.7 Å². The van der Waals surface area contributed by atoms with Gasteiger partial charge in [-0.2, -0.15) is 11.8 Å². The van der Waals surface area contributed by atoms with Crippen molar-refractivity contribution in [1.82, 2.24) is 10.6 Å². The summed E-state index contributed by atoms with van der Waals surface area (Å²) in [6.45, 7) is 1.31. The van der Waals surface area contributed by atoms with Crippen molar-refractivity contribution in [3.63, 3.8) is 0 Å². The Kier molecular flexibility index (Phi) is 9.86. The summed E-state index contributed by atoms with van der Waals surface area (Å²) in [6.07, 6.45) is -0.0498. The lowest BCUT2D eigenvalue weighted by molar-refractivity contribution is -0.156. The van der Waals surface area contributed by atoms with Crippen LogP contribution in [0.2, 0.25) is 0 Å². The summed E-state index contributed by atoms with van der Waals surface area (Å²) in [4.78, 5) is 47.9. The molecule has 0 fully saturated rings. The van der Waals surface area contributed by atoms with Crippen LogP contribution in [0.4, 0.5) is 4.79 Å². The molecule has 0 spiro atoms. The van der Waals surface area contributed by atoms with E-state index in [1.54, 1.807) is 24.3 Å². The van der Waals surface area contributed by atoms with Gasteiger partial charge in [0.1, 0.15) is 11.8 Å². The molecule has 1 aromatic carbocycles. The van der Waals surface area contributed by atoms with E-state index in [2.05, 4.69) is 10.1 Å². The van der Waals surface area contributed by atoms with Gasteiger partial charge in [0.05, 0.1) is 19.8 Å². The van der Waals surface area contributed by atoms with E-state index < -0.39 is 36.0 Å². The molecule has 2 atom stereocenters. The summed E-state index contributed by atoms with van der Waals surface area (Å²) in [5.41, 5.74) is 0.267. The van der Waals surface area contributed by atoms with E-state index in [0.717, 1.165) is 7.11 Å². The average Bonchev–Trinajstić information content (AvgIpc) is 2.70. The van der Waals surface area contributed by atoms with Crippen LogP contribution in [0.15, 0.2) is 24.3 Å². The van der Waals surface area contributed by atoms with E-state index in [9.17, 15) is 19.2 Å². The van der Waals surface area contributed by atoms with Gasteiger partial charge >= 0.3 is 12.1 Å². The lowest BCUT2D eigenvalue weighted by Gasteiger charge is -2.20. The van der Waals surface area contributed by atoms with Crippen molar-refractivity contribution < 1.29 is 33.4 Å². The van der Waals surface area contributed by atoms with Gasteiger partial charge in [0.25, 0.3) is 11.8 Å². The summed E-state index contributed by atoms with van der Waals surface area (Å²) >= 11 is 1.49. The van der Waals surface area contributed by atoms with E-state index in [1.807, 2.05) is 11.6 Å². The minimum Gasteiger partial charge on any atom is -0.496 e. The smallest absolute Gasteiger partial charge is 0.413 e. The van der Waals surface area contributed by atoms with Gasteiger partial charge in [-0.1, -0.05) is 12.1 Å². The first-order valence-corrected chi connectivity index (χ1v) is 9.75. The number of para-hydroxylation sites is 1. The third kappa shape index (κ3) is 7.10. The number of hydrogen-bond donors (Lipinski definition) is 2. The van der Waals surface area contributed by atoms with Crippen LogP contribution >= 0.6 is 11.8 Å². The van der Waals surface area contributed by atoms with Gasteiger partial charge in [-0.3, -0.25) is 14.9 Å². The highest BCUT2D eigenvalue weighted by Gasteiger charge is 2.28. The zero-order chi connectivity index (χ0) is 21.1. The second kappa shape index (κ2) is 11.9. The average molecular weight is 412 g/mol. The fourth-order valence-corrected chi connectivity index (χ4v) is 2.59. The standard InChI is InChI=1S/C18H24N2O7S/c1-11(15(21)20-18(24)26-3)27-17(23)13(9-10-28-4)19-16(22)12-7-5-6-8-14(12)25-2/h5-8,11,13H,9-10H2,1-4H3,(H,19,22)(H,20,21,24)/t11-,13-/m0/s1. The largest absolute Gasteiger partial charge is 0.496 e. The highest BCUT2D eigenvalue weighted by Crippen LogP contribution is 2.17. The van der Waals surface area contributed by atoms with Crippen LogP contribution in [0.3, 0.4) is 0 Å². The van der Waals surface area contributed by atoms with E-state index in [0.29, 0.717) is 17.9 Å². The van der Waals surface area contributed by atoms with Crippen LogP contribution < -0.4 is 15.4 Å². The van der Waals surface area contributed by atoms with Gasteiger partial charge < -0.3 is 19.5 Å². The van der Waals surface area contributed by atoms with Gasteiger partial charge in [0.15, 0.2) is 6.10 Å². The van der Waals surface area contributed by atoms with E-state index in [1.165, 1.54) is 25.8 Å². The van der Waals surface area contributed by atoms with E-state index in [-0.39, 0.29) is 5.56 Å². The third-order valence-electron chi connectivity index (χ3n) is 3.62.